The van der Waals surface area contributed by atoms with Gasteiger partial charge in [0.1, 0.15) is 0 Å². The maximum atomic E-state index is 11.6. The number of ether oxygens (including phenoxy) is 1. The summed E-state index contributed by atoms with van der Waals surface area (Å²) in [7, 11) is 1.48. The summed E-state index contributed by atoms with van der Waals surface area (Å²) in [6.45, 7) is 6.25. The second-order valence-electron chi connectivity index (χ2n) is 7.72. The van der Waals surface area contributed by atoms with Crippen molar-refractivity contribution in [1.29, 1.82) is 0 Å². The number of methoxy groups -OCH3 is 1. The first-order valence-electron chi connectivity index (χ1n) is 10.1. The first-order chi connectivity index (χ1) is 11.0. The zero-order chi connectivity index (χ0) is 17.4. The fourth-order valence-corrected chi connectivity index (χ4v) is 3.14. The third-order valence-corrected chi connectivity index (χ3v) is 4.89. The van der Waals surface area contributed by atoms with Crippen LogP contribution in [0.25, 0.3) is 0 Å². The van der Waals surface area contributed by atoms with E-state index in [1.165, 1.54) is 90.6 Å². The van der Waals surface area contributed by atoms with E-state index in [4.69, 9.17) is 4.74 Å². The van der Waals surface area contributed by atoms with Crippen molar-refractivity contribution in [3.05, 3.63) is 0 Å². The number of quaternary nitrogens is 1. The highest BCUT2D eigenvalue weighted by atomic mass is 16.5. The van der Waals surface area contributed by atoms with Crippen LogP contribution in [-0.4, -0.2) is 13.1 Å². The quantitative estimate of drug-likeness (QED) is 0.234. The Balaban J connectivity index is 0. The molecule has 0 bridgehead atoms. The summed E-state index contributed by atoms with van der Waals surface area (Å²) in [4.78, 5) is 11.6. The van der Waals surface area contributed by atoms with E-state index in [0.29, 0.717) is 0 Å². The van der Waals surface area contributed by atoms with Gasteiger partial charge < -0.3 is 10.9 Å². The van der Waals surface area contributed by atoms with Crippen LogP contribution in [0, 0.1) is 5.41 Å². The fourth-order valence-electron chi connectivity index (χ4n) is 3.14. The number of unbranched alkanes of at least 4 members (excludes halogenated alkanes) is 13. The highest BCUT2D eigenvalue weighted by Gasteiger charge is 2.27. The number of hydrogen-bond acceptors (Lipinski definition) is 2. The molecule has 24 heavy (non-hydrogen) atoms. The van der Waals surface area contributed by atoms with Gasteiger partial charge in [0.05, 0.1) is 12.5 Å². The van der Waals surface area contributed by atoms with Crippen LogP contribution in [0.4, 0.5) is 0 Å². The summed E-state index contributed by atoms with van der Waals surface area (Å²) in [6, 6.07) is 0. The summed E-state index contributed by atoms with van der Waals surface area (Å²) < 4.78 is 4.85. The van der Waals surface area contributed by atoms with Gasteiger partial charge in [0.15, 0.2) is 0 Å². The van der Waals surface area contributed by atoms with Crippen LogP contribution >= 0.6 is 0 Å². The van der Waals surface area contributed by atoms with Gasteiger partial charge in [0.25, 0.3) is 0 Å². The maximum absolute atomic E-state index is 11.6. The Morgan fingerprint density at radius 1 is 0.708 bits per heavy atom. The third kappa shape index (κ3) is 15.0. The molecule has 0 radical (unpaired) electrons. The topological polar surface area (TPSA) is 62.8 Å². The van der Waals surface area contributed by atoms with Crippen molar-refractivity contribution >= 4 is 5.97 Å². The van der Waals surface area contributed by atoms with Gasteiger partial charge in [-0.1, -0.05) is 96.8 Å². The molecule has 0 amide bonds. The van der Waals surface area contributed by atoms with Crippen molar-refractivity contribution in [1.82, 2.24) is 6.15 Å². The predicted molar refractivity (Wildman–Crippen MR) is 107 cm³/mol. The van der Waals surface area contributed by atoms with Gasteiger partial charge in [-0.3, -0.25) is 4.79 Å². The van der Waals surface area contributed by atoms with Crippen LogP contribution in [0.3, 0.4) is 0 Å². The summed E-state index contributed by atoms with van der Waals surface area (Å²) >= 11 is 0. The highest BCUT2D eigenvalue weighted by Crippen LogP contribution is 2.25. The molecule has 0 aromatic rings. The Hall–Kier alpha value is -0.570. The van der Waals surface area contributed by atoms with Gasteiger partial charge in [-0.15, -0.1) is 0 Å². The molecule has 4 N–H and O–H groups in total. The van der Waals surface area contributed by atoms with E-state index in [0.717, 1.165) is 12.8 Å². The Labute approximate surface area is 151 Å². The molecule has 0 aliphatic carbocycles. The van der Waals surface area contributed by atoms with Crippen molar-refractivity contribution < 1.29 is 9.53 Å². The maximum Gasteiger partial charge on any atom is 0.311 e. The minimum atomic E-state index is -0.314. The Morgan fingerprint density at radius 3 is 1.38 bits per heavy atom. The first-order valence-corrected chi connectivity index (χ1v) is 10.1. The third-order valence-electron chi connectivity index (χ3n) is 4.89. The molecule has 0 aliphatic heterocycles. The zero-order valence-corrected chi connectivity index (χ0v) is 17.4. The highest BCUT2D eigenvalue weighted by molar-refractivity contribution is 5.75. The summed E-state index contributed by atoms with van der Waals surface area (Å²) in [5, 5.41) is 0. The van der Waals surface area contributed by atoms with E-state index in [9.17, 15) is 4.79 Å². The van der Waals surface area contributed by atoms with E-state index in [-0.39, 0.29) is 17.5 Å². The normalized spacial score (nSPS) is 11.2. The minimum Gasteiger partial charge on any atom is -0.469 e. The second kappa shape index (κ2) is 17.3. The Kier molecular flexibility index (Phi) is 18.5. The van der Waals surface area contributed by atoms with Crippen molar-refractivity contribution in [3.63, 3.8) is 0 Å². The van der Waals surface area contributed by atoms with E-state index in [1.807, 2.05) is 13.8 Å². The molecule has 0 aromatic heterocycles. The molecule has 0 unspecified atom stereocenters. The molecular weight excluding hydrogens is 298 g/mol. The summed E-state index contributed by atoms with van der Waals surface area (Å²) in [5.74, 6) is -0.0767. The number of carbonyl (C=O) groups excluding carboxylic acids is 1. The van der Waals surface area contributed by atoms with Crippen LogP contribution in [0.2, 0.25) is 0 Å². The molecule has 0 saturated carbocycles. The van der Waals surface area contributed by atoms with Crippen LogP contribution in [-0.2, 0) is 9.53 Å². The average Bonchev–Trinajstić information content (AvgIpc) is 2.54. The fraction of sp³-hybridized carbons (Fsp3) is 0.952. The molecule has 0 atom stereocenters. The lowest BCUT2D eigenvalue weighted by Gasteiger charge is -2.20. The van der Waals surface area contributed by atoms with E-state index >= 15 is 0 Å². The number of esters is 1. The van der Waals surface area contributed by atoms with E-state index in [2.05, 4.69) is 6.92 Å². The smallest absolute Gasteiger partial charge is 0.311 e. The van der Waals surface area contributed by atoms with Gasteiger partial charge in [-0.25, -0.2) is 0 Å². The monoisotopic (exact) mass is 344 g/mol. The molecular formula is C21H46NO2+. The summed E-state index contributed by atoms with van der Waals surface area (Å²) in [6.07, 6.45) is 20.2. The number of rotatable bonds is 16. The molecule has 0 aromatic carbocycles. The minimum absolute atomic E-state index is 0. The Bertz CT molecular complexity index is 277. The molecule has 0 spiro atoms. The SMILES string of the molecule is CCCCCCCCCCCCCCCCC(C)(C)C(=O)OC.[NH4+]. The largest absolute Gasteiger partial charge is 0.469 e. The van der Waals surface area contributed by atoms with Gasteiger partial charge in [0.2, 0.25) is 0 Å². The Morgan fingerprint density at radius 2 is 1.04 bits per heavy atom. The van der Waals surface area contributed by atoms with Gasteiger partial charge >= 0.3 is 5.97 Å². The molecule has 146 valence electrons. The molecule has 0 heterocycles. The molecule has 0 saturated heterocycles. The lowest BCUT2D eigenvalue weighted by Crippen LogP contribution is -2.25. The van der Waals surface area contributed by atoms with Crippen LogP contribution in [0.15, 0.2) is 0 Å². The molecule has 3 nitrogen and oxygen atoms in total. The van der Waals surface area contributed by atoms with Crippen LogP contribution < -0.4 is 6.15 Å². The van der Waals surface area contributed by atoms with Gasteiger partial charge in [0, 0.05) is 0 Å². The van der Waals surface area contributed by atoms with Crippen LogP contribution in [0.5, 0.6) is 0 Å². The lowest BCUT2D eigenvalue weighted by atomic mass is 9.87. The molecule has 0 rings (SSSR count). The van der Waals surface area contributed by atoms with E-state index in [1.54, 1.807) is 0 Å². The molecule has 0 aliphatic rings. The van der Waals surface area contributed by atoms with Crippen LogP contribution in [0.1, 0.15) is 117 Å². The second-order valence-corrected chi connectivity index (χ2v) is 7.72. The number of hydrogen-bond donors (Lipinski definition) is 1. The van der Waals surface area contributed by atoms with Crippen molar-refractivity contribution in [3.8, 4) is 0 Å². The first kappa shape index (κ1) is 25.7. The van der Waals surface area contributed by atoms with E-state index < -0.39 is 0 Å². The standard InChI is InChI=1S/C21H42O2.H3N/c1-5-6-7-8-9-10-11-12-13-14-15-16-17-18-19-21(2,3)20(22)23-4;/h5-19H2,1-4H3;1H3/p+1. The van der Waals surface area contributed by atoms with Crippen molar-refractivity contribution in [2.75, 3.05) is 7.11 Å². The van der Waals surface area contributed by atoms with Gasteiger partial charge in [-0.05, 0) is 20.3 Å². The average molecular weight is 345 g/mol. The lowest BCUT2D eigenvalue weighted by molar-refractivity contribution is -0.151. The predicted octanol–water partition coefficient (Wildman–Crippen LogP) is 7.43. The zero-order valence-electron chi connectivity index (χ0n) is 17.4. The van der Waals surface area contributed by atoms with Crippen molar-refractivity contribution in [2.45, 2.75) is 117 Å². The number of carbonyl (C=O) groups is 1. The van der Waals surface area contributed by atoms with Crippen molar-refractivity contribution in [2.24, 2.45) is 5.41 Å². The van der Waals surface area contributed by atoms with Gasteiger partial charge in [-0.2, -0.15) is 0 Å². The molecule has 3 heteroatoms. The summed E-state index contributed by atoms with van der Waals surface area (Å²) in [5.41, 5.74) is -0.314. The molecule has 0 fully saturated rings.